The summed E-state index contributed by atoms with van der Waals surface area (Å²) < 4.78 is 43.2. The molecule has 6 nitrogen and oxygen atoms in total. The molecular formula is C21H18F3N3O3. The number of rotatable bonds is 6. The zero-order chi connectivity index (χ0) is 21.3. The highest BCUT2D eigenvalue weighted by molar-refractivity contribution is 5.71. The minimum atomic E-state index is -4.40. The second-order valence-electron chi connectivity index (χ2n) is 7.28. The normalized spacial score (nSPS) is 18.8. The molecule has 0 bridgehead atoms. The van der Waals surface area contributed by atoms with E-state index in [1.807, 2.05) is 24.3 Å². The summed E-state index contributed by atoms with van der Waals surface area (Å²) in [5, 5.41) is 16.1. The van der Waals surface area contributed by atoms with E-state index in [2.05, 4.69) is 15.5 Å². The number of nitrogens with one attached hydrogen (secondary N) is 1. The Hall–Kier alpha value is -3.20. The number of hydrogen-bond acceptors (Lipinski definition) is 5. The summed E-state index contributed by atoms with van der Waals surface area (Å²) in [4.78, 5) is 15.1. The Labute approximate surface area is 169 Å². The fourth-order valence-electron chi connectivity index (χ4n) is 3.28. The molecule has 2 N–H and O–H groups in total. The van der Waals surface area contributed by atoms with Gasteiger partial charge in [0.15, 0.2) is 0 Å². The Morgan fingerprint density at radius 2 is 1.70 bits per heavy atom. The largest absolute Gasteiger partial charge is 0.481 e. The molecule has 1 heterocycles. The predicted molar refractivity (Wildman–Crippen MR) is 101 cm³/mol. The van der Waals surface area contributed by atoms with Crippen LogP contribution in [0.15, 0.2) is 53.1 Å². The maximum atomic E-state index is 12.7. The maximum Gasteiger partial charge on any atom is 0.416 e. The van der Waals surface area contributed by atoms with Crippen LogP contribution >= 0.6 is 0 Å². The number of hydrogen-bond donors (Lipinski definition) is 2. The number of benzene rings is 2. The summed E-state index contributed by atoms with van der Waals surface area (Å²) in [5.74, 6) is -0.509. The van der Waals surface area contributed by atoms with Crippen LogP contribution in [0.5, 0.6) is 0 Å². The van der Waals surface area contributed by atoms with E-state index in [1.54, 1.807) is 0 Å². The summed E-state index contributed by atoms with van der Waals surface area (Å²) in [7, 11) is 0. The molecule has 156 valence electrons. The minimum absolute atomic E-state index is 0.141. The predicted octanol–water partition coefficient (Wildman–Crippen LogP) is 4.38. The van der Waals surface area contributed by atoms with Crippen LogP contribution in [0.25, 0.3) is 22.8 Å². The van der Waals surface area contributed by atoms with Crippen LogP contribution in [0.2, 0.25) is 0 Å². The summed E-state index contributed by atoms with van der Waals surface area (Å²) in [6, 6.07) is 12.2. The van der Waals surface area contributed by atoms with Gasteiger partial charge in [0.25, 0.3) is 5.89 Å². The fraction of sp³-hybridized carbons (Fsp3) is 0.286. The van der Waals surface area contributed by atoms with Crippen molar-refractivity contribution in [2.24, 2.45) is 5.92 Å². The Kier molecular flexibility index (Phi) is 5.29. The lowest BCUT2D eigenvalue weighted by atomic mass is 9.80. The zero-order valence-corrected chi connectivity index (χ0v) is 15.7. The molecule has 3 aromatic rings. The molecule has 1 saturated carbocycles. The second-order valence-corrected chi connectivity index (χ2v) is 7.28. The number of carboxylic acids is 1. The van der Waals surface area contributed by atoms with Crippen molar-refractivity contribution >= 4 is 5.97 Å². The van der Waals surface area contributed by atoms with Crippen LogP contribution in [0, 0.1) is 5.92 Å². The molecule has 0 aliphatic heterocycles. The molecule has 0 radical (unpaired) electrons. The van der Waals surface area contributed by atoms with Gasteiger partial charge in [-0.2, -0.15) is 18.2 Å². The average molecular weight is 417 g/mol. The third-order valence-corrected chi connectivity index (χ3v) is 5.18. The number of carbonyl (C=O) groups is 1. The highest BCUT2D eigenvalue weighted by Gasteiger charge is 2.33. The first-order valence-corrected chi connectivity index (χ1v) is 9.36. The van der Waals surface area contributed by atoms with Crippen LogP contribution in [-0.2, 0) is 17.5 Å². The minimum Gasteiger partial charge on any atom is -0.481 e. The van der Waals surface area contributed by atoms with Gasteiger partial charge in [0.2, 0.25) is 5.82 Å². The number of aromatic nitrogens is 2. The van der Waals surface area contributed by atoms with Crippen molar-refractivity contribution in [2.75, 3.05) is 0 Å². The molecule has 0 saturated heterocycles. The lowest BCUT2D eigenvalue weighted by Gasteiger charge is -2.33. The van der Waals surface area contributed by atoms with Crippen LogP contribution in [-0.4, -0.2) is 27.3 Å². The fourth-order valence-corrected chi connectivity index (χ4v) is 3.28. The van der Waals surface area contributed by atoms with Gasteiger partial charge >= 0.3 is 12.1 Å². The van der Waals surface area contributed by atoms with Gasteiger partial charge in [0, 0.05) is 23.7 Å². The molecule has 1 aromatic heterocycles. The van der Waals surface area contributed by atoms with Gasteiger partial charge in [-0.3, -0.25) is 4.79 Å². The van der Waals surface area contributed by atoms with E-state index in [1.165, 1.54) is 12.1 Å². The Morgan fingerprint density at radius 3 is 2.30 bits per heavy atom. The van der Waals surface area contributed by atoms with Gasteiger partial charge < -0.3 is 14.9 Å². The highest BCUT2D eigenvalue weighted by Crippen LogP contribution is 2.31. The van der Waals surface area contributed by atoms with E-state index >= 15 is 0 Å². The van der Waals surface area contributed by atoms with Crippen molar-refractivity contribution in [3.63, 3.8) is 0 Å². The number of nitrogens with zero attached hydrogens (tertiary/aromatic N) is 2. The van der Waals surface area contributed by atoms with Gasteiger partial charge in [0.05, 0.1) is 11.5 Å². The first-order chi connectivity index (χ1) is 14.3. The van der Waals surface area contributed by atoms with Gasteiger partial charge in [-0.25, -0.2) is 0 Å². The molecule has 1 fully saturated rings. The van der Waals surface area contributed by atoms with Crippen LogP contribution in [0.1, 0.15) is 24.0 Å². The van der Waals surface area contributed by atoms with Gasteiger partial charge in [0.1, 0.15) is 0 Å². The van der Waals surface area contributed by atoms with Gasteiger partial charge in [-0.1, -0.05) is 29.4 Å². The Bertz CT molecular complexity index is 1020. The standard InChI is InChI=1S/C21H18F3N3O3/c22-21(23,24)16-7-5-14(6-8-16)19-26-18(27-30-19)13-3-1-12(2-4-13)11-25-17-9-15(10-17)20(28)29/h1-8,15,17,25H,9-11H2,(H,28,29). The van der Waals surface area contributed by atoms with E-state index in [0.717, 1.165) is 23.3 Å². The van der Waals surface area contributed by atoms with Crippen molar-refractivity contribution in [3.05, 3.63) is 59.7 Å². The van der Waals surface area contributed by atoms with Crippen molar-refractivity contribution in [1.82, 2.24) is 15.5 Å². The van der Waals surface area contributed by atoms with E-state index in [-0.39, 0.29) is 17.9 Å². The smallest absolute Gasteiger partial charge is 0.416 e. The molecule has 1 aliphatic rings. The maximum absolute atomic E-state index is 12.7. The Balaban J connectivity index is 1.37. The molecule has 0 unspecified atom stereocenters. The average Bonchev–Trinajstić information content (AvgIpc) is 3.16. The third-order valence-electron chi connectivity index (χ3n) is 5.18. The number of carboxylic acid groups (broad SMARTS) is 1. The summed E-state index contributed by atoms with van der Waals surface area (Å²) in [6.07, 6.45) is -3.11. The quantitative estimate of drug-likeness (QED) is 0.619. The Morgan fingerprint density at radius 1 is 1.07 bits per heavy atom. The van der Waals surface area contributed by atoms with E-state index in [4.69, 9.17) is 9.63 Å². The molecule has 0 atom stereocenters. The number of halogens is 3. The molecular weight excluding hydrogens is 399 g/mol. The first kappa shape index (κ1) is 20.1. The summed E-state index contributed by atoms with van der Waals surface area (Å²) >= 11 is 0. The lowest BCUT2D eigenvalue weighted by molar-refractivity contribution is -0.145. The van der Waals surface area contributed by atoms with Crippen molar-refractivity contribution in [1.29, 1.82) is 0 Å². The van der Waals surface area contributed by atoms with Crippen LogP contribution < -0.4 is 5.32 Å². The van der Waals surface area contributed by atoms with Gasteiger partial charge in [-0.05, 0) is 42.7 Å². The molecule has 2 aromatic carbocycles. The summed E-state index contributed by atoms with van der Waals surface area (Å²) in [5.41, 5.74) is 1.41. The third kappa shape index (κ3) is 4.35. The molecule has 30 heavy (non-hydrogen) atoms. The SMILES string of the molecule is O=C(O)C1CC(NCc2ccc(-c3noc(-c4ccc(C(F)(F)F)cc4)n3)cc2)C1. The van der Waals surface area contributed by atoms with E-state index in [0.29, 0.717) is 30.8 Å². The topological polar surface area (TPSA) is 88.2 Å². The monoisotopic (exact) mass is 417 g/mol. The van der Waals surface area contributed by atoms with E-state index < -0.39 is 17.7 Å². The molecule has 4 rings (SSSR count). The van der Waals surface area contributed by atoms with Crippen molar-refractivity contribution in [2.45, 2.75) is 31.6 Å². The summed E-state index contributed by atoms with van der Waals surface area (Å²) in [6.45, 7) is 0.625. The molecule has 1 aliphatic carbocycles. The van der Waals surface area contributed by atoms with Crippen molar-refractivity contribution in [3.8, 4) is 22.8 Å². The van der Waals surface area contributed by atoms with E-state index in [9.17, 15) is 18.0 Å². The van der Waals surface area contributed by atoms with Crippen LogP contribution in [0.4, 0.5) is 13.2 Å². The molecule has 9 heteroatoms. The molecule has 0 amide bonds. The zero-order valence-electron chi connectivity index (χ0n) is 15.7. The number of alkyl halides is 3. The van der Waals surface area contributed by atoms with Crippen molar-refractivity contribution < 1.29 is 27.6 Å². The lowest BCUT2D eigenvalue weighted by Crippen LogP contribution is -2.43. The highest BCUT2D eigenvalue weighted by atomic mass is 19.4. The number of aliphatic carboxylic acids is 1. The molecule has 0 spiro atoms. The van der Waals surface area contributed by atoms with Gasteiger partial charge in [-0.15, -0.1) is 0 Å². The van der Waals surface area contributed by atoms with Crippen LogP contribution in [0.3, 0.4) is 0 Å². The first-order valence-electron chi connectivity index (χ1n) is 9.36. The second kappa shape index (κ2) is 7.91.